The van der Waals surface area contributed by atoms with Crippen molar-refractivity contribution in [2.45, 2.75) is 12.8 Å². The minimum atomic E-state index is -4.82. The summed E-state index contributed by atoms with van der Waals surface area (Å²) >= 11 is 3.29. The quantitative estimate of drug-likeness (QED) is 0.639. The van der Waals surface area contributed by atoms with E-state index in [0.717, 1.165) is 16.1 Å². The highest BCUT2D eigenvalue weighted by Gasteiger charge is 2.32. The van der Waals surface area contributed by atoms with Crippen molar-refractivity contribution in [3.8, 4) is 5.75 Å². The molecule has 0 saturated carbocycles. The average Bonchev–Trinajstić information content (AvgIpc) is 2.42. The summed E-state index contributed by atoms with van der Waals surface area (Å²) in [5.74, 6) is -0.764. The maximum absolute atomic E-state index is 12.2. The largest absolute Gasteiger partial charge is 0.573 e. The molecule has 0 saturated heterocycles. The van der Waals surface area contributed by atoms with Gasteiger partial charge in [-0.05, 0) is 35.9 Å². The van der Waals surface area contributed by atoms with Crippen LogP contribution in [-0.2, 0) is 6.42 Å². The molecule has 2 aromatic rings. The first-order chi connectivity index (χ1) is 10.2. The Bertz CT molecular complexity index is 684. The van der Waals surface area contributed by atoms with Gasteiger partial charge in [0.25, 0.3) is 0 Å². The number of alkyl halides is 3. The Hall–Kier alpha value is -2.02. The van der Waals surface area contributed by atoms with Gasteiger partial charge in [0.1, 0.15) is 0 Å². The molecule has 7 heteroatoms. The van der Waals surface area contributed by atoms with Crippen molar-refractivity contribution in [2.75, 3.05) is 5.73 Å². The number of ketones is 1. The minimum Gasteiger partial charge on any atom is -0.404 e. The lowest BCUT2D eigenvalue weighted by Crippen LogP contribution is -2.18. The van der Waals surface area contributed by atoms with Crippen LogP contribution in [0.1, 0.15) is 15.9 Å². The average molecular weight is 374 g/mol. The van der Waals surface area contributed by atoms with Gasteiger partial charge < -0.3 is 10.5 Å². The fourth-order valence-corrected chi connectivity index (χ4v) is 2.09. The van der Waals surface area contributed by atoms with Gasteiger partial charge in [-0.1, -0.05) is 28.1 Å². The number of hydrogen-bond donors (Lipinski definition) is 1. The summed E-state index contributed by atoms with van der Waals surface area (Å²) < 4.78 is 41.1. The fourth-order valence-electron chi connectivity index (χ4n) is 1.83. The van der Waals surface area contributed by atoms with Crippen LogP contribution in [0, 0.1) is 0 Å². The summed E-state index contributed by atoms with van der Waals surface area (Å²) in [6.45, 7) is 0. The molecule has 116 valence electrons. The molecule has 3 nitrogen and oxygen atoms in total. The number of benzene rings is 2. The van der Waals surface area contributed by atoms with Crippen LogP contribution in [0.25, 0.3) is 0 Å². The number of anilines is 1. The summed E-state index contributed by atoms with van der Waals surface area (Å²) in [7, 11) is 0. The lowest BCUT2D eigenvalue weighted by molar-refractivity contribution is -0.274. The third kappa shape index (κ3) is 4.49. The van der Waals surface area contributed by atoms with E-state index in [1.54, 1.807) is 24.3 Å². The number of carbonyl (C=O) groups excluding carboxylic acids is 1. The van der Waals surface area contributed by atoms with Crippen molar-refractivity contribution in [1.29, 1.82) is 0 Å². The summed E-state index contributed by atoms with van der Waals surface area (Å²) in [6.07, 6.45) is -4.69. The van der Waals surface area contributed by atoms with E-state index < -0.39 is 12.1 Å². The summed E-state index contributed by atoms with van der Waals surface area (Å²) in [5.41, 5.74) is 6.28. The molecule has 0 bridgehead atoms. The molecule has 2 N–H and O–H groups in total. The van der Waals surface area contributed by atoms with Gasteiger partial charge in [0.05, 0.1) is 5.69 Å². The Balaban J connectivity index is 2.13. The zero-order valence-corrected chi connectivity index (χ0v) is 12.7. The van der Waals surface area contributed by atoms with Crippen molar-refractivity contribution >= 4 is 27.4 Å². The molecule has 22 heavy (non-hydrogen) atoms. The number of hydrogen-bond acceptors (Lipinski definition) is 3. The SMILES string of the molecule is Nc1cc(C(=O)Cc2ccc(Br)cc2)ccc1OC(F)(F)F. The Morgan fingerprint density at radius 1 is 1.14 bits per heavy atom. The highest BCUT2D eigenvalue weighted by molar-refractivity contribution is 9.10. The van der Waals surface area contributed by atoms with Crippen LogP contribution < -0.4 is 10.5 Å². The first-order valence-electron chi connectivity index (χ1n) is 6.17. The second kappa shape index (κ2) is 6.39. The third-order valence-corrected chi connectivity index (χ3v) is 3.36. The van der Waals surface area contributed by atoms with E-state index in [1.165, 1.54) is 12.1 Å². The van der Waals surface area contributed by atoms with Crippen LogP contribution >= 0.6 is 15.9 Å². The first kappa shape index (κ1) is 16.4. The number of carbonyl (C=O) groups is 1. The predicted octanol–water partition coefficient (Wildman–Crippen LogP) is 4.36. The highest BCUT2D eigenvalue weighted by atomic mass is 79.9. The van der Waals surface area contributed by atoms with Gasteiger partial charge in [0.2, 0.25) is 0 Å². The predicted molar refractivity (Wildman–Crippen MR) is 79.7 cm³/mol. The van der Waals surface area contributed by atoms with Crippen molar-refractivity contribution in [2.24, 2.45) is 0 Å². The number of nitrogen functional groups attached to an aromatic ring is 1. The van der Waals surface area contributed by atoms with Crippen LogP contribution in [0.5, 0.6) is 5.75 Å². The van der Waals surface area contributed by atoms with E-state index in [2.05, 4.69) is 20.7 Å². The van der Waals surface area contributed by atoms with Crippen molar-refractivity contribution in [1.82, 2.24) is 0 Å². The molecule has 2 rings (SSSR count). The smallest absolute Gasteiger partial charge is 0.404 e. The van der Waals surface area contributed by atoms with Crippen LogP contribution in [0.4, 0.5) is 18.9 Å². The Kier molecular flexibility index (Phi) is 4.75. The number of Topliss-reactive ketones (excluding diaryl/α,β-unsaturated/α-hetero) is 1. The minimum absolute atomic E-state index is 0.131. The number of rotatable bonds is 4. The van der Waals surface area contributed by atoms with E-state index in [-0.39, 0.29) is 23.5 Å². The molecule has 0 unspecified atom stereocenters. The lowest BCUT2D eigenvalue weighted by Gasteiger charge is -2.11. The molecule has 0 amide bonds. The Morgan fingerprint density at radius 3 is 2.32 bits per heavy atom. The first-order valence-corrected chi connectivity index (χ1v) is 6.97. The van der Waals surface area contributed by atoms with Crippen molar-refractivity contribution in [3.05, 3.63) is 58.1 Å². The van der Waals surface area contributed by atoms with Gasteiger partial charge in [-0.2, -0.15) is 0 Å². The lowest BCUT2D eigenvalue weighted by atomic mass is 10.0. The summed E-state index contributed by atoms with van der Waals surface area (Å²) in [5, 5.41) is 0. The van der Waals surface area contributed by atoms with Gasteiger partial charge in [-0.15, -0.1) is 13.2 Å². The van der Waals surface area contributed by atoms with Gasteiger partial charge in [0.15, 0.2) is 11.5 Å². The molecule has 0 aliphatic rings. The van der Waals surface area contributed by atoms with Crippen molar-refractivity contribution < 1.29 is 22.7 Å². The molecule has 2 aromatic carbocycles. The van der Waals surface area contributed by atoms with Gasteiger partial charge in [0, 0.05) is 16.5 Å². The van der Waals surface area contributed by atoms with Gasteiger partial charge in [-0.25, -0.2) is 0 Å². The molecule has 0 aliphatic carbocycles. The number of ether oxygens (including phenoxy) is 1. The molecule has 0 fully saturated rings. The van der Waals surface area contributed by atoms with E-state index >= 15 is 0 Å². The van der Waals surface area contributed by atoms with Gasteiger partial charge >= 0.3 is 6.36 Å². The van der Waals surface area contributed by atoms with E-state index in [1.807, 2.05) is 0 Å². The monoisotopic (exact) mass is 373 g/mol. The van der Waals surface area contributed by atoms with Crippen LogP contribution in [0.3, 0.4) is 0 Å². The molecule has 0 aliphatic heterocycles. The number of halogens is 4. The summed E-state index contributed by atoms with van der Waals surface area (Å²) in [4.78, 5) is 12.1. The molecular weight excluding hydrogens is 363 g/mol. The zero-order chi connectivity index (χ0) is 16.3. The number of nitrogens with two attached hydrogens (primary N) is 1. The molecule has 0 spiro atoms. The molecule has 0 heterocycles. The van der Waals surface area contributed by atoms with E-state index in [4.69, 9.17) is 5.73 Å². The van der Waals surface area contributed by atoms with Crippen LogP contribution in [-0.4, -0.2) is 12.1 Å². The molecule has 0 aromatic heterocycles. The van der Waals surface area contributed by atoms with Crippen LogP contribution in [0.2, 0.25) is 0 Å². The zero-order valence-electron chi connectivity index (χ0n) is 11.2. The normalized spacial score (nSPS) is 11.3. The standard InChI is InChI=1S/C15H11BrF3NO2/c16-11-4-1-9(2-5-11)7-13(21)10-3-6-14(12(20)8-10)22-15(17,18)19/h1-6,8H,7,20H2. The van der Waals surface area contributed by atoms with Crippen LogP contribution in [0.15, 0.2) is 46.9 Å². The second-order valence-electron chi connectivity index (χ2n) is 4.53. The third-order valence-electron chi connectivity index (χ3n) is 2.84. The highest BCUT2D eigenvalue weighted by Crippen LogP contribution is 2.29. The summed E-state index contributed by atoms with van der Waals surface area (Å²) in [6, 6.07) is 10.7. The second-order valence-corrected chi connectivity index (χ2v) is 5.44. The van der Waals surface area contributed by atoms with E-state index in [9.17, 15) is 18.0 Å². The molecular formula is C15H11BrF3NO2. The topological polar surface area (TPSA) is 52.3 Å². The Morgan fingerprint density at radius 2 is 1.77 bits per heavy atom. The Labute approximate surface area is 133 Å². The molecule has 0 radical (unpaired) electrons. The molecule has 0 atom stereocenters. The maximum atomic E-state index is 12.2. The van der Waals surface area contributed by atoms with Gasteiger partial charge in [-0.3, -0.25) is 4.79 Å². The maximum Gasteiger partial charge on any atom is 0.573 e. The van der Waals surface area contributed by atoms with Crippen molar-refractivity contribution in [3.63, 3.8) is 0 Å². The van der Waals surface area contributed by atoms with E-state index in [0.29, 0.717) is 0 Å². The fraction of sp³-hybridized carbons (Fsp3) is 0.133.